The van der Waals surface area contributed by atoms with Gasteiger partial charge in [-0.2, -0.15) is 0 Å². The minimum absolute atomic E-state index is 0.360. The molecule has 0 saturated carbocycles. The number of hydrogen-bond acceptors (Lipinski definition) is 3. The van der Waals surface area contributed by atoms with E-state index in [0.29, 0.717) is 0 Å². The first-order valence-corrected chi connectivity index (χ1v) is 6.80. The first-order valence-electron chi connectivity index (χ1n) is 4.54. The Morgan fingerprint density at radius 1 is 0.846 bits per heavy atom. The molecule has 0 radical (unpaired) electrons. The number of rotatable bonds is 2. The summed E-state index contributed by atoms with van der Waals surface area (Å²) in [5.41, 5.74) is -0.720. The van der Waals surface area contributed by atoms with E-state index in [-0.39, 0.29) is 11.2 Å². The van der Waals surface area contributed by atoms with Gasteiger partial charge < -0.3 is 0 Å². The molecule has 0 bridgehead atoms. The first-order chi connectivity index (χ1) is 5.41. The van der Waals surface area contributed by atoms with Crippen LogP contribution in [0.2, 0.25) is 0 Å². The van der Waals surface area contributed by atoms with Crippen molar-refractivity contribution in [3.8, 4) is 0 Å². The second-order valence-electron chi connectivity index (χ2n) is 5.33. The van der Waals surface area contributed by atoms with Crippen LogP contribution in [-0.4, -0.2) is 22.8 Å². The average molecular weight is 210 g/mol. The van der Waals surface area contributed by atoms with Crippen molar-refractivity contribution < 1.29 is 13.9 Å². The van der Waals surface area contributed by atoms with Gasteiger partial charge in [0.2, 0.25) is 0 Å². The summed E-state index contributed by atoms with van der Waals surface area (Å²) < 4.78 is 10.9. The Morgan fingerprint density at radius 3 is 1.23 bits per heavy atom. The van der Waals surface area contributed by atoms with Crippen molar-refractivity contribution in [2.24, 2.45) is 0 Å². The van der Waals surface area contributed by atoms with Gasteiger partial charge in [0.15, 0.2) is 0 Å². The molecule has 0 heterocycles. The van der Waals surface area contributed by atoms with Crippen LogP contribution in [0.5, 0.6) is 0 Å². The summed E-state index contributed by atoms with van der Waals surface area (Å²) in [5.74, 6) is 0. The topological polar surface area (TPSA) is 38.7 Å². The van der Waals surface area contributed by atoms with E-state index < -0.39 is 7.94 Å². The second kappa shape index (κ2) is 3.82. The van der Waals surface area contributed by atoms with E-state index in [1.54, 1.807) is 6.66 Å². The predicted molar refractivity (Wildman–Crippen MR) is 58.1 cm³/mol. The SMILES string of the molecule is CC(C)(C)O[PH](C)(O)OC(C)(C)C. The third kappa shape index (κ3) is 8.63. The Balaban J connectivity index is 4.25. The van der Waals surface area contributed by atoms with Gasteiger partial charge >= 0.3 is 81.3 Å². The van der Waals surface area contributed by atoms with Gasteiger partial charge in [0.25, 0.3) is 0 Å². The van der Waals surface area contributed by atoms with E-state index in [0.717, 1.165) is 0 Å². The molecule has 1 N–H and O–H groups in total. The van der Waals surface area contributed by atoms with Gasteiger partial charge in [0.05, 0.1) is 0 Å². The van der Waals surface area contributed by atoms with Crippen molar-refractivity contribution in [2.75, 3.05) is 6.66 Å². The van der Waals surface area contributed by atoms with Crippen molar-refractivity contribution >= 4 is 7.94 Å². The van der Waals surface area contributed by atoms with Crippen LogP contribution in [0.25, 0.3) is 0 Å². The quantitative estimate of drug-likeness (QED) is 0.712. The van der Waals surface area contributed by atoms with Gasteiger partial charge in [0, 0.05) is 0 Å². The van der Waals surface area contributed by atoms with Crippen LogP contribution in [0.3, 0.4) is 0 Å². The van der Waals surface area contributed by atoms with Crippen molar-refractivity contribution in [2.45, 2.75) is 52.7 Å². The maximum atomic E-state index is 9.88. The molecular weight excluding hydrogens is 187 g/mol. The molecule has 0 spiro atoms. The van der Waals surface area contributed by atoms with Crippen LogP contribution in [0.4, 0.5) is 0 Å². The standard InChI is InChI=1S/C9H23O3P/c1-8(2,3)11-13(7,10)12-9(4,5)6/h10,13H,1-7H3. The third-order valence-electron chi connectivity index (χ3n) is 0.991. The summed E-state index contributed by atoms with van der Waals surface area (Å²) in [4.78, 5) is 9.88. The van der Waals surface area contributed by atoms with Crippen LogP contribution in [0, 0.1) is 0 Å². The van der Waals surface area contributed by atoms with Crippen molar-refractivity contribution in [3.63, 3.8) is 0 Å². The van der Waals surface area contributed by atoms with Crippen LogP contribution in [0.15, 0.2) is 0 Å². The van der Waals surface area contributed by atoms with Crippen molar-refractivity contribution in [3.05, 3.63) is 0 Å². The molecule has 0 saturated heterocycles. The molecule has 0 rings (SSSR count). The summed E-state index contributed by atoms with van der Waals surface area (Å²) in [6, 6.07) is 0. The molecule has 0 aromatic heterocycles. The Morgan fingerprint density at radius 2 is 1.08 bits per heavy atom. The zero-order valence-corrected chi connectivity index (χ0v) is 10.8. The molecule has 3 nitrogen and oxygen atoms in total. The Labute approximate surface area is 82.0 Å². The summed E-state index contributed by atoms with van der Waals surface area (Å²) >= 11 is 0. The van der Waals surface area contributed by atoms with Gasteiger partial charge in [-0.05, 0) is 0 Å². The van der Waals surface area contributed by atoms with Gasteiger partial charge in [0.1, 0.15) is 0 Å². The molecule has 0 aliphatic rings. The summed E-state index contributed by atoms with van der Waals surface area (Å²) in [7, 11) is -2.97. The molecule has 82 valence electrons. The van der Waals surface area contributed by atoms with Crippen molar-refractivity contribution in [1.82, 2.24) is 0 Å². The van der Waals surface area contributed by atoms with Gasteiger partial charge in [-0.25, -0.2) is 0 Å². The Kier molecular flexibility index (Phi) is 3.91. The molecule has 0 atom stereocenters. The monoisotopic (exact) mass is 210 g/mol. The number of hydrogen-bond donors (Lipinski definition) is 1. The van der Waals surface area contributed by atoms with Gasteiger partial charge in [-0.3, -0.25) is 0 Å². The molecule has 0 fully saturated rings. The van der Waals surface area contributed by atoms with E-state index in [2.05, 4.69) is 0 Å². The molecule has 4 heteroatoms. The molecule has 0 aromatic carbocycles. The second-order valence-corrected chi connectivity index (χ2v) is 7.53. The van der Waals surface area contributed by atoms with Crippen LogP contribution in [-0.2, 0) is 9.05 Å². The summed E-state index contributed by atoms with van der Waals surface area (Å²) in [6.07, 6.45) is 0. The molecule has 0 amide bonds. The molecule has 0 aliphatic heterocycles. The molecule has 0 unspecified atom stereocenters. The fourth-order valence-electron chi connectivity index (χ4n) is 1.16. The fourth-order valence-corrected chi connectivity index (χ4v) is 3.47. The van der Waals surface area contributed by atoms with E-state index >= 15 is 0 Å². The maximum absolute atomic E-state index is 9.88. The van der Waals surface area contributed by atoms with E-state index in [9.17, 15) is 4.89 Å². The zero-order valence-electron chi connectivity index (χ0n) is 9.76. The molecule has 0 aliphatic carbocycles. The van der Waals surface area contributed by atoms with Crippen LogP contribution >= 0.6 is 7.94 Å². The fraction of sp³-hybridized carbons (Fsp3) is 1.00. The van der Waals surface area contributed by atoms with Gasteiger partial charge in [-0.15, -0.1) is 0 Å². The van der Waals surface area contributed by atoms with Crippen LogP contribution in [0.1, 0.15) is 41.5 Å². The van der Waals surface area contributed by atoms with Gasteiger partial charge in [-0.1, -0.05) is 0 Å². The Hall–Kier alpha value is 0.310. The van der Waals surface area contributed by atoms with Crippen molar-refractivity contribution in [1.29, 1.82) is 0 Å². The Bertz CT molecular complexity index is 147. The summed E-state index contributed by atoms with van der Waals surface area (Å²) in [5, 5.41) is 0. The predicted octanol–water partition coefficient (Wildman–Crippen LogP) is 2.73. The van der Waals surface area contributed by atoms with Crippen LogP contribution < -0.4 is 0 Å². The third-order valence-corrected chi connectivity index (χ3v) is 2.97. The van der Waals surface area contributed by atoms with E-state index in [1.807, 2.05) is 41.5 Å². The molecule has 0 aromatic rings. The summed E-state index contributed by atoms with van der Waals surface area (Å²) in [6.45, 7) is 13.1. The van der Waals surface area contributed by atoms with E-state index in [4.69, 9.17) is 9.05 Å². The first kappa shape index (κ1) is 13.3. The normalized spacial score (nSPS) is 16.0. The molecule has 13 heavy (non-hydrogen) atoms. The molecular formula is C9H23O3P. The minimum atomic E-state index is -2.97. The zero-order chi connectivity index (χ0) is 10.9. The average Bonchev–Trinajstić information content (AvgIpc) is 1.43. The van der Waals surface area contributed by atoms with E-state index in [1.165, 1.54) is 0 Å².